The fourth-order valence-electron chi connectivity index (χ4n) is 3.34. The van der Waals surface area contributed by atoms with Crippen LogP contribution in [-0.2, 0) is 14.3 Å². The summed E-state index contributed by atoms with van der Waals surface area (Å²) in [7, 11) is 1.63. The monoisotopic (exact) mass is 311 g/mol. The summed E-state index contributed by atoms with van der Waals surface area (Å²) in [6.45, 7) is 8.60. The first-order chi connectivity index (χ1) is 10.7. The van der Waals surface area contributed by atoms with Crippen molar-refractivity contribution in [3.05, 3.63) is 0 Å². The summed E-state index contributed by atoms with van der Waals surface area (Å²) in [5, 5.41) is 0. The Kier molecular flexibility index (Phi) is 6.64. The molecule has 2 rings (SSSR count). The third-order valence-electron chi connectivity index (χ3n) is 4.57. The molecule has 2 heterocycles. The highest BCUT2D eigenvalue weighted by Gasteiger charge is 2.36. The van der Waals surface area contributed by atoms with Crippen molar-refractivity contribution in [1.82, 2.24) is 14.7 Å². The molecule has 2 amide bonds. The number of nitrogens with zero attached hydrogens (tertiary/aromatic N) is 3. The van der Waals surface area contributed by atoms with E-state index in [9.17, 15) is 9.59 Å². The maximum absolute atomic E-state index is 12.7. The Morgan fingerprint density at radius 3 is 2.77 bits per heavy atom. The van der Waals surface area contributed by atoms with Gasteiger partial charge in [-0.05, 0) is 25.9 Å². The quantitative estimate of drug-likeness (QED) is 0.714. The number of hydrogen-bond acceptors (Lipinski definition) is 4. The van der Waals surface area contributed by atoms with Crippen molar-refractivity contribution in [2.24, 2.45) is 5.92 Å². The van der Waals surface area contributed by atoms with E-state index in [0.29, 0.717) is 26.1 Å². The fraction of sp³-hybridized carbons (Fsp3) is 0.875. The van der Waals surface area contributed by atoms with Gasteiger partial charge in [0.1, 0.15) is 0 Å². The summed E-state index contributed by atoms with van der Waals surface area (Å²) in [4.78, 5) is 30.8. The smallest absolute Gasteiger partial charge is 0.228 e. The van der Waals surface area contributed by atoms with Gasteiger partial charge in [0, 0.05) is 46.3 Å². The number of hydrogen-bond donors (Lipinski definition) is 0. The lowest BCUT2D eigenvalue weighted by Crippen LogP contribution is -2.40. The second-order valence-corrected chi connectivity index (χ2v) is 6.25. The first-order valence-corrected chi connectivity index (χ1v) is 8.43. The largest absolute Gasteiger partial charge is 0.383 e. The van der Waals surface area contributed by atoms with Gasteiger partial charge in [0.25, 0.3) is 0 Å². The lowest BCUT2D eigenvalue weighted by molar-refractivity contribution is -0.135. The number of carbonyl (C=O) groups is 2. The zero-order chi connectivity index (χ0) is 15.9. The number of carbonyl (C=O) groups excluding carboxylic acids is 2. The van der Waals surface area contributed by atoms with E-state index in [1.807, 2.05) is 4.90 Å². The molecule has 1 unspecified atom stereocenters. The van der Waals surface area contributed by atoms with Gasteiger partial charge in [-0.25, -0.2) is 0 Å². The van der Waals surface area contributed by atoms with Crippen LogP contribution in [0.15, 0.2) is 0 Å². The average Bonchev–Trinajstić information content (AvgIpc) is 2.72. The SMILES string of the molecule is CCCN1CCCN(C(=O)C2CC(=O)N(CCOC)C2)CC1. The molecule has 6 heteroatoms. The highest BCUT2D eigenvalue weighted by Crippen LogP contribution is 2.20. The summed E-state index contributed by atoms with van der Waals surface area (Å²) in [5.74, 6) is 0.0755. The predicted molar refractivity (Wildman–Crippen MR) is 84.5 cm³/mol. The van der Waals surface area contributed by atoms with Gasteiger partial charge in [0.15, 0.2) is 0 Å². The minimum Gasteiger partial charge on any atom is -0.383 e. The number of methoxy groups -OCH3 is 1. The van der Waals surface area contributed by atoms with E-state index in [4.69, 9.17) is 4.74 Å². The third kappa shape index (κ3) is 4.43. The molecule has 0 spiro atoms. The first-order valence-electron chi connectivity index (χ1n) is 8.43. The van der Waals surface area contributed by atoms with Gasteiger partial charge in [-0.2, -0.15) is 0 Å². The number of amides is 2. The first kappa shape index (κ1) is 17.2. The molecule has 0 radical (unpaired) electrons. The maximum atomic E-state index is 12.7. The van der Waals surface area contributed by atoms with Crippen molar-refractivity contribution in [2.75, 3.05) is 59.5 Å². The van der Waals surface area contributed by atoms with Crippen LogP contribution in [0.5, 0.6) is 0 Å². The van der Waals surface area contributed by atoms with Crippen LogP contribution in [0.2, 0.25) is 0 Å². The van der Waals surface area contributed by atoms with Crippen LogP contribution >= 0.6 is 0 Å². The molecule has 2 aliphatic heterocycles. The van der Waals surface area contributed by atoms with Crippen molar-refractivity contribution >= 4 is 11.8 Å². The Morgan fingerprint density at radius 1 is 1.23 bits per heavy atom. The summed E-state index contributed by atoms with van der Waals surface area (Å²) in [6, 6.07) is 0. The Hall–Kier alpha value is -1.14. The molecule has 0 aromatic rings. The zero-order valence-corrected chi connectivity index (χ0v) is 13.9. The van der Waals surface area contributed by atoms with E-state index in [0.717, 1.165) is 45.6 Å². The second kappa shape index (κ2) is 8.48. The van der Waals surface area contributed by atoms with Crippen LogP contribution in [0.1, 0.15) is 26.2 Å². The molecule has 22 heavy (non-hydrogen) atoms. The van der Waals surface area contributed by atoms with Crippen molar-refractivity contribution in [3.63, 3.8) is 0 Å². The molecular weight excluding hydrogens is 282 g/mol. The lowest BCUT2D eigenvalue weighted by atomic mass is 10.1. The highest BCUT2D eigenvalue weighted by molar-refractivity contribution is 5.89. The van der Waals surface area contributed by atoms with Gasteiger partial charge in [-0.1, -0.05) is 6.92 Å². The Bertz CT molecular complexity index is 389. The molecule has 2 aliphatic rings. The van der Waals surface area contributed by atoms with Gasteiger partial charge in [0.05, 0.1) is 12.5 Å². The molecule has 0 aliphatic carbocycles. The Labute approximate surface area is 133 Å². The van der Waals surface area contributed by atoms with E-state index in [2.05, 4.69) is 11.8 Å². The molecule has 0 saturated carbocycles. The zero-order valence-electron chi connectivity index (χ0n) is 13.9. The fourth-order valence-corrected chi connectivity index (χ4v) is 3.34. The van der Waals surface area contributed by atoms with Gasteiger partial charge in [0.2, 0.25) is 11.8 Å². The van der Waals surface area contributed by atoms with Crippen molar-refractivity contribution in [2.45, 2.75) is 26.2 Å². The Morgan fingerprint density at radius 2 is 2.05 bits per heavy atom. The van der Waals surface area contributed by atoms with E-state index in [1.165, 1.54) is 0 Å². The number of ether oxygens (including phenoxy) is 1. The molecule has 1 atom stereocenters. The number of rotatable bonds is 6. The average molecular weight is 311 g/mol. The summed E-state index contributed by atoms with van der Waals surface area (Å²) in [6.07, 6.45) is 2.54. The standard InChI is InChI=1S/C16H29N3O3/c1-3-5-17-6-4-7-18(9-8-17)16(21)14-12-15(20)19(13-14)10-11-22-2/h14H,3-13H2,1-2H3. The van der Waals surface area contributed by atoms with E-state index in [-0.39, 0.29) is 17.7 Å². The van der Waals surface area contributed by atoms with Crippen LogP contribution in [0.4, 0.5) is 0 Å². The summed E-state index contributed by atoms with van der Waals surface area (Å²) < 4.78 is 5.02. The molecule has 0 bridgehead atoms. The molecule has 6 nitrogen and oxygen atoms in total. The van der Waals surface area contributed by atoms with Gasteiger partial charge < -0.3 is 19.4 Å². The molecule has 0 aromatic carbocycles. The third-order valence-corrected chi connectivity index (χ3v) is 4.57. The van der Waals surface area contributed by atoms with Crippen molar-refractivity contribution in [1.29, 1.82) is 0 Å². The van der Waals surface area contributed by atoms with Crippen LogP contribution < -0.4 is 0 Å². The molecule has 0 N–H and O–H groups in total. The predicted octanol–water partition coefficient (Wildman–Crippen LogP) is 0.426. The second-order valence-electron chi connectivity index (χ2n) is 6.25. The van der Waals surface area contributed by atoms with E-state index < -0.39 is 0 Å². The van der Waals surface area contributed by atoms with E-state index >= 15 is 0 Å². The minimum atomic E-state index is -0.165. The molecule has 2 fully saturated rings. The van der Waals surface area contributed by atoms with Crippen molar-refractivity contribution < 1.29 is 14.3 Å². The van der Waals surface area contributed by atoms with Gasteiger partial charge >= 0.3 is 0 Å². The molecular formula is C16H29N3O3. The molecule has 2 saturated heterocycles. The van der Waals surface area contributed by atoms with Crippen LogP contribution in [0.3, 0.4) is 0 Å². The minimum absolute atomic E-state index is 0.0813. The molecule has 0 aromatic heterocycles. The number of likely N-dealkylation sites (tertiary alicyclic amines) is 1. The molecule has 126 valence electrons. The van der Waals surface area contributed by atoms with Crippen LogP contribution in [-0.4, -0.2) is 86.0 Å². The van der Waals surface area contributed by atoms with Crippen LogP contribution in [0, 0.1) is 5.92 Å². The van der Waals surface area contributed by atoms with Gasteiger partial charge in [-0.15, -0.1) is 0 Å². The highest BCUT2D eigenvalue weighted by atomic mass is 16.5. The normalized spacial score (nSPS) is 23.9. The van der Waals surface area contributed by atoms with Gasteiger partial charge in [-0.3, -0.25) is 9.59 Å². The topological polar surface area (TPSA) is 53.1 Å². The maximum Gasteiger partial charge on any atom is 0.228 e. The lowest BCUT2D eigenvalue weighted by Gasteiger charge is -2.24. The summed E-state index contributed by atoms with van der Waals surface area (Å²) >= 11 is 0. The van der Waals surface area contributed by atoms with Crippen molar-refractivity contribution in [3.8, 4) is 0 Å². The van der Waals surface area contributed by atoms with E-state index in [1.54, 1.807) is 12.0 Å². The summed E-state index contributed by atoms with van der Waals surface area (Å²) in [5.41, 5.74) is 0. The Balaban J connectivity index is 1.85. The van der Waals surface area contributed by atoms with Crippen LogP contribution in [0.25, 0.3) is 0 Å².